The summed E-state index contributed by atoms with van der Waals surface area (Å²) in [7, 11) is -3.11. The van der Waals surface area contributed by atoms with E-state index in [-0.39, 0.29) is 12.3 Å². The Balaban J connectivity index is 2.54. The summed E-state index contributed by atoms with van der Waals surface area (Å²) in [5.41, 5.74) is 0. The van der Waals surface area contributed by atoms with Crippen molar-refractivity contribution in [1.82, 2.24) is 5.32 Å². The van der Waals surface area contributed by atoms with Crippen LogP contribution in [0.2, 0.25) is 0 Å². The van der Waals surface area contributed by atoms with Gasteiger partial charge < -0.3 is 20.6 Å². The van der Waals surface area contributed by atoms with Crippen molar-refractivity contribution in [3.8, 4) is 0 Å². The van der Waals surface area contributed by atoms with Gasteiger partial charge in [-0.3, -0.25) is 4.79 Å². The highest BCUT2D eigenvalue weighted by molar-refractivity contribution is 7.91. The Hall–Kier alpha value is -0.770. The lowest BCUT2D eigenvalue weighted by Crippen LogP contribution is -2.49. The molecule has 7 nitrogen and oxygen atoms in total. The van der Waals surface area contributed by atoms with Crippen molar-refractivity contribution in [2.75, 3.05) is 19.5 Å². The van der Waals surface area contributed by atoms with Gasteiger partial charge in [0.05, 0.1) is 36.5 Å². The lowest BCUT2D eigenvalue weighted by Gasteiger charge is -2.34. The van der Waals surface area contributed by atoms with Crippen molar-refractivity contribution >= 4 is 15.7 Å². The van der Waals surface area contributed by atoms with Gasteiger partial charge in [-0.05, 0) is 31.6 Å². The van der Waals surface area contributed by atoms with Crippen LogP contribution >= 0.6 is 0 Å². The Bertz CT molecular complexity index is 478. The van der Waals surface area contributed by atoms with Crippen LogP contribution in [-0.2, 0) is 14.6 Å². The molecule has 23 heavy (non-hydrogen) atoms. The van der Waals surface area contributed by atoms with E-state index in [1.54, 1.807) is 0 Å². The number of aliphatic hydroxyl groups is 3. The van der Waals surface area contributed by atoms with Crippen LogP contribution in [0.5, 0.6) is 0 Å². The highest BCUT2D eigenvalue weighted by Crippen LogP contribution is 2.31. The summed E-state index contributed by atoms with van der Waals surface area (Å²) in [5, 5.41) is 30.0. The molecule has 0 saturated heterocycles. The second kappa shape index (κ2) is 8.91. The standard InChI is InChI=1S/C14H26FNO6S/c1-23(21,22)11-4-2-9(3-5-11)14(20)12(7-15)16-13(19)6-10(18)8-17/h9-12,14,17-18,20H,2-8H2,1H3,(H,16,19)/t9?,10?,11?,12-,14-/m1/s1. The molecule has 136 valence electrons. The van der Waals surface area contributed by atoms with Gasteiger partial charge in [0.1, 0.15) is 16.5 Å². The lowest BCUT2D eigenvalue weighted by molar-refractivity contribution is -0.125. The molecule has 0 aromatic rings. The molecule has 1 rings (SSSR count). The van der Waals surface area contributed by atoms with Crippen molar-refractivity contribution in [3.63, 3.8) is 0 Å². The zero-order valence-electron chi connectivity index (χ0n) is 13.2. The molecule has 1 aliphatic rings. The van der Waals surface area contributed by atoms with E-state index >= 15 is 0 Å². The molecule has 1 fully saturated rings. The summed E-state index contributed by atoms with van der Waals surface area (Å²) in [6, 6.07) is -1.10. The van der Waals surface area contributed by atoms with Crippen LogP contribution in [0, 0.1) is 5.92 Å². The minimum absolute atomic E-state index is 0.281. The maximum absolute atomic E-state index is 13.1. The third-order valence-electron chi connectivity index (χ3n) is 4.36. The average Bonchev–Trinajstić information content (AvgIpc) is 2.51. The Morgan fingerprint density at radius 2 is 1.83 bits per heavy atom. The van der Waals surface area contributed by atoms with E-state index in [1.807, 2.05) is 0 Å². The number of amides is 1. The highest BCUT2D eigenvalue weighted by Gasteiger charge is 2.35. The first-order valence-electron chi connectivity index (χ1n) is 7.70. The number of rotatable bonds is 8. The maximum atomic E-state index is 13.1. The number of nitrogens with one attached hydrogen (secondary N) is 1. The molecule has 0 aromatic carbocycles. The summed E-state index contributed by atoms with van der Waals surface area (Å²) < 4.78 is 36.1. The molecular formula is C14H26FNO6S. The predicted octanol–water partition coefficient (Wildman–Crippen LogP) is -0.852. The van der Waals surface area contributed by atoms with Crippen molar-refractivity contribution in [2.24, 2.45) is 5.92 Å². The zero-order chi connectivity index (χ0) is 17.6. The van der Waals surface area contributed by atoms with Crippen LogP contribution in [0.3, 0.4) is 0 Å². The van der Waals surface area contributed by atoms with Gasteiger partial charge in [0, 0.05) is 6.26 Å². The molecule has 0 heterocycles. The summed E-state index contributed by atoms with van der Waals surface area (Å²) in [5.74, 6) is -0.935. The molecule has 9 heteroatoms. The fraction of sp³-hybridized carbons (Fsp3) is 0.929. The third kappa shape index (κ3) is 6.33. The van der Waals surface area contributed by atoms with Crippen LogP contribution < -0.4 is 5.32 Å². The van der Waals surface area contributed by atoms with E-state index in [2.05, 4.69) is 5.32 Å². The minimum atomic E-state index is -3.11. The number of hydrogen-bond donors (Lipinski definition) is 4. The Kier molecular flexibility index (Phi) is 7.85. The molecule has 1 aliphatic carbocycles. The number of sulfone groups is 1. The Morgan fingerprint density at radius 3 is 2.26 bits per heavy atom. The molecule has 1 saturated carbocycles. The quantitative estimate of drug-likeness (QED) is 0.450. The summed E-state index contributed by atoms with van der Waals surface area (Å²) in [6.07, 6.45) is 0.197. The fourth-order valence-electron chi connectivity index (χ4n) is 2.95. The monoisotopic (exact) mass is 355 g/mol. The van der Waals surface area contributed by atoms with Gasteiger partial charge in [0.25, 0.3) is 0 Å². The second-order valence-corrected chi connectivity index (χ2v) is 8.55. The van der Waals surface area contributed by atoms with E-state index in [1.165, 1.54) is 6.26 Å². The molecule has 0 aliphatic heterocycles. The van der Waals surface area contributed by atoms with Crippen LogP contribution in [0.1, 0.15) is 32.1 Å². The Labute approximate surface area is 135 Å². The summed E-state index contributed by atoms with van der Waals surface area (Å²) >= 11 is 0. The molecule has 1 unspecified atom stereocenters. The van der Waals surface area contributed by atoms with Crippen molar-refractivity contribution in [1.29, 1.82) is 0 Å². The number of hydrogen-bond acceptors (Lipinski definition) is 6. The van der Waals surface area contributed by atoms with E-state index < -0.39 is 52.5 Å². The van der Waals surface area contributed by atoms with Gasteiger partial charge >= 0.3 is 0 Å². The van der Waals surface area contributed by atoms with Gasteiger partial charge in [-0.25, -0.2) is 12.8 Å². The van der Waals surface area contributed by atoms with Crippen LogP contribution in [0.25, 0.3) is 0 Å². The Morgan fingerprint density at radius 1 is 1.26 bits per heavy atom. The SMILES string of the molecule is CS(=O)(=O)C1CCC([C@@H](O)[C@@H](CF)NC(=O)CC(O)CO)CC1. The molecule has 0 bridgehead atoms. The van der Waals surface area contributed by atoms with Crippen molar-refractivity contribution < 1.29 is 32.9 Å². The van der Waals surface area contributed by atoms with E-state index in [4.69, 9.17) is 5.11 Å². The van der Waals surface area contributed by atoms with Gasteiger partial charge in [-0.15, -0.1) is 0 Å². The normalized spacial score (nSPS) is 26.3. The van der Waals surface area contributed by atoms with Gasteiger partial charge in [-0.1, -0.05) is 0 Å². The molecule has 1 amide bonds. The molecule has 4 N–H and O–H groups in total. The molecule has 3 atom stereocenters. The topological polar surface area (TPSA) is 124 Å². The van der Waals surface area contributed by atoms with Crippen molar-refractivity contribution in [2.45, 2.75) is 55.6 Å². The zero-order valence-corrected chi connectivity index (χ0v) is 14.0. The first-order valence-corrected chi connectivity index (χ1v) is 9.65. The maximum Gasteiger partial charge on any atom is 0.223 e. The number of carbonyl (C=O) groups excluding carboxylic acids is 1. The largest absolute Gasteiger partial charge is 0.394 e. The van der Waals surface area contributed by atoms with Crippen molar-refractivity contribution in [3.05, 3.63) is 0 Å². The summed E-state index contributed by atoms with van der Waals surface area (Å²) in [6.45, 7) is -1.54. The predicted molar refractivity (Wildman–Crippen MR) is 82.2 cm³/mol. The molecule has 0 aromatic heterocycles. The smallest absolute Gasteiger partial charge is 0.223 e. The van der Waals surface area contributed by atoms with Gasteiger partial charge in [0.15, 0.2) is 0 Å². The third-order valence-corrected chi connectivity index (χ3v) is 6.05. The van der Waals surface area contributed by atoms with Gasteiger partial charge in [0.2, 0.25) is 5.91 Å². The fourth-order valence-corrected chi connectivity index (χ4v) is 4.07. The van der Waals surface area contributed by atoms with E-state index in [0.717, 1.165) is 0 Å². The van der Waals surface area contributed by atoms with Crippen LogP contribution in [0.4, 0.5) is 4.39 Å². The number of carbonyl (C=O) groups is 1. The van der Waals surface area contributed by atoms with Crippen LogP contribution in [-0.4, -0.2) is 72.7 Å². The minimum Gasteiger partial charge on any atom is -0.394 e. The van der Waals surface area contributed by atoms with Crippen LogP contribution in [0.15, 0.2) is 0 Å². The summed E-state index contributed by atoms with van der Waals surface area (Å²) in [4.78, 5) is 11.6. The number of halogens is 1. The first kappa shape index (κ1) is 20.3. The second-order valence-electron chi connectivity index (χ2n) is 6.23. The first-order chi connectivity index (χ1) is 10.7. The average molecular weight is 355 g/mol. The molecular weight excluding hydrogens is 329 g/mol. The molecule has 0 spiro atoms. The molecule has 0 radical (unpaired) electrons. The van der Waals surface area contributed by atoms with Gasteiger partial charge in [-0.2, -0.15) is 0 Å². The lowest BCUT2D eigenvalue weighted by atomic mass is 9.82. The highest BCUT2D eigenvalue weighted by atomic mass is 32.2. The number of aliphatic hydroxyl groups excluding tert-OH is 3. The van der Waals surface area contributed by atoms with E-state index in [0.29, 0.717) is 25.7 Å². The number of alkyl halides is 1. The van der Waals surface area contributed by atoms with E-state index in [9.17, 15) is 27.8 Å².